The van der Waals surface area contributed by atoms with Crippen molar-refractivity contribution >= 4 is 118 Å². The minimum Gasteiger partial charge on any atom is -0.312 e. The summed E-state index contributed by atoms with van der Waals surface area (Å²) in [6.45, 7) is 0. The van der Waals surface area contributed by atoms with Crippen LogP contribution in [0.4, 0.5) is 11.4 Å². The van der Waals surface area contributed by atoms with Crippen molar-refractivity contribution < 1.29 is 0 Å². The van der Waals surface area contributed by atoms with Gasteiger partial charge in [-0.25, -0.2) is 0 Å². The van der Waals surface area contributed by atoms with E-state index >= 15 is 0 Å². The van der Waals surface area contributed by atoms with Crippen LogP contribution in [-0.2, 0) is 0 Å². The zero-order valence-electron chi connectivity index (χ0n) is 30.8. The molecule has 4 heterocycles. The van der Waals surface area contributed by atoms with E-state index in [1.807, 2.05) is 22.7 Å². The molecule has 0 saturated heterocycles. The highest BCUT2D eigenvalue weighted by molar-refractivity contribution is 7.27. The third-order valence-corrected chi connectivity index (χ3v) is 14.9. The molecule has 3 aromatic heterocycles. The van der Waals surface area contributed by atoms with Crippen LogP contribution in [-0.4, -0.2) is 4.57 Å². The summed E-state index contributed by atoms with van der Waals surface area (Å²) < 4.78 is 7.40. The molecule has 13 rings (SSSR count). The van der Waals surface area contributed by atoms with Gasteiger partial charge in [-0.2, -0.15) is 10.5 Å². The maximum absolute atomic E-state index is 10.9. The van der Waals surface area contributed by atoms with Crippen LogP contribution >= 0.6 is 22.7 Å². The van der Waals surface area contributed by atoms with E-state index in [1.165, 1.54) is 68.1 Å². The molecule has 1 unspecified atom stereocenters. The van der Waals surface area contributed by atoms with E-state index in [9.17, 15) is 10.5 Å². The van der Waals surface area contributed by atoms with Gasteiger partial charge in [0.25, 0.3) is 0 Å². The summed E-state index contributed by atoms with van der Waals surface area (Å²) in [5, 5.41) is 32.7. The molecule has 0 radical (unpaired) electrons. The highest BCUT2D eigenvalue weighted by Crippen LogP contribution is 2.56. The molecule has 0 spiro atoms. The molecular weight excluding hydrogens is 745 g/mol. The van der Waals surface area contributed by atoms with Crippen molar-refractivity contribution in [3.05, 3.63) is 174 Å². The number of hydrogen-bond acceptors (Lipinski definition) is 5. The minimum absolute atomic E-state index is 0.250. The molecule has 2 aliphatic rings. The molecule has 0 bridgehead atoms. The van der Waals surface area contributed by atoms with Crippen LogP contribution in [0.25, 0.3) is 89.4 Å². The minimum atomic E-state index is 0.250. The molecule has 4 nitrogen and oxygen atoms in total. The fourth-order valence-corrected chi connectivity index (χ4v) is 12.6. The van der Waals surface area contributed by atoms with Crippen LogP contribution in [0.1, 0.15) is 29.0 Å². The molecule has 58 heavy (non-hydrogen) atoms. The molecule has 0 N–H and O–H groups in total. The quantitative estimate of drug-likeness (QED) is 0.164. The Labute approximate surface area is 340 Å². The number of nitrogens with zero attached hydrogens (tertiary/aromatic N) is 4. The highest BCUT2D eigenvalue weighted by Gasteiger charge is 2.37. The number of anilines is 2. The number of thiophene rings is 2. The lowest BCUT2D eigenvalue weighted by Crippen LogP contribution is -2.14. The van der Waals surface area contributed by atoms with Crippen LogP contribution in [0.5, 0.6) is 0 Å². The lowest BCUT2D eigenvalue weighted by Gasteiger charge is -2.25. The first-order valence-electron chi connectivity index (χ1n) is 19.5. The largest absolute Gasteiger partial charge is 0.312 e. The number of hydrogen-bond donors (Lipinski definition) is 0. The Hall–Kier alpha value is -7.22. The zero-order chi connectivity index (χ0) is 38.2. The molecule has 268 valence electrons. The Balaban J connectivity index is 1.05. The van der Waals surface area contributed by atoms with Gasteiger partial charge in [-0.3, -0.25) is 0 Å². The Bertz CT molecular complexity index is 3820. The number of rotatable bonds is 2. The number of para-hydroxylation sites is 1. The number of allylic oxidation sites excluding steroid dienone is 4. The fraction of sp³-hybridized carbons (Fsp3) is 0.0385. The molecule has 1 aliphatic carbocycles. The molecule has 1 aliphatic heterocycles. The second kappa shape index (κ2) is 11.7. The normalized spacial score (nSPS) is 15.0. The van der Waals surface area contributed by atoms with E-state index in [2.05, 4.69) is 173 Å². The monoisotopic (exact) mass is 772 g/mol. The van der Waals surface area contributed by atoms with Crippen LogP contribution in [0.2, 0.25) is 0 Å². The van der Waals surface area contributed by atoms with Crippen LogP contribution in [0.3, 0.4) is 0 Å². The Morgan fingerprint density at radius 3 is 1.86 bits per heavy atom. The van der Waals surface area contributed by atoms with E-state index in [0.717, 1.165) is 50.4 Å². The van der Waals surface area contributed by atoms with E-state index in [0.29, 0.717) is 11.1 Å². The average Bonchev–Trinajstić information content (AvgIpc) is 4.03. The van der Waals surface area contributed by atoms with Gasteiger partial charge in [-0.1, -0.05) is 103 Å². The first-order chi connectivity index (χ1) is 28.7. The Morgan fingerprint density at radius 1 is 0.534 bits per heavy atom. The summed E-state index contributed by atoms with van der Waals surface area (Å²) in [7, 11) is 0. The Morgan fingerprint density at radius 2 is 1.12 bits per heavy atom. The Kier molecular flexibility index (Phi) is 6.42. The lowest BCUT2D eigenvalue weighted by molar-refractivity contribution is 0.820. The standard InChI is InChI=1S/C52H28N4S2/c53-27-43-41-25-29(55-45-13-5-1-9-33(45)37-21-23-39-35-11-3-7-15-47(35)57-51(39)49(37)55)17-19-31(41)32-20-18-30(26-42(32)44(43)28-54)56-46-14-6-2-10-34(46)38-22-24-40-36-12-4-8-16-48(36)58-52(40)50(38)56/h1-9,11-26,34H,10H2. The maximum Gasteiger partial charge on any atom is 0.101 e. The van der Waals surface area contributed by atoms with E-state index in [4.69, 9.17) is 0 Å². The van der Waals surface area contributed by atoms with Crippen molar-refractivity contribution in [3.63, 3.8) is 0 Å². The lowest BCUT2D eigenvalue weighted by atomic mass is 9.91. The maximum atomic E-state index is 10.9. The predicted octanol–water partition coefficient (Wildman–Crippen LogP) is 14.6. The molecule has 6 heteroatoms. The second-order valence-electron chi connectivity index (χ2n) is 15.3. The van der Waals surface area contributed by atoms with E-state index in [-0.39, 0.29) is 5.92 Å². The van der Waals surface area contributed by atoms with Crippen molar-refractivity contribution in [1.82, 2.24) is 4.57 Å². The van der Waals surface area contributed by atoms with Crippen LogP contribution in [0, 0.1) is 22.7 Å². The van der Waals surface area contributed by atoms with Crippen molar-refractivity contribution in [2.75, 3.05) is 4.90 Å². The first kappa shape index (κ1) is 31.9. The molecule has 0 amide bonds. The molecule has 0 saturated carbocycles. The average molecular weight is 773 g/mol. The molecule has 11 aromatic rings. The summed E-state index contributed by atoms with van der Waals surface area (Å²) >= 11 is 3.67. The van der Waals surface area contributed by atoms with Crippen LogP contribution in [0.15, 0.2) is 157 Å². The SMILES string of the molecule is N#Cc1c(C#N)c2cc(-n3c4ccccc4c4ccc5c6ccccc6sc5c43)ccc2c2ccc(N3C4=CC=CCC4c4ccc5c(sc6ccccc65)c43)cc12. The zero-order valence-corrected chi connectivity index (χ0v) is 32.5. The van der Waals surface area contributed by atoms with E-state index < -0.39 is 0 Å². The third kappa shape index (κ3) is 4.10. The van der Waals surface area contributed by atoms with Gasteiger partial charge in [-0.15, -0.1) is 22.7 Å². The van der Waals surface area contributed by atoms with Gasteiger partial charge in [0.2, 0.25) is 0 Å². The molecule has 1 atom stereocenters. The van der Waals surface area contributed by atoms with Crippen molar-refractivity contribution in [2.24, 2.45) is 0 Å². The summed E-state index contributed by atoms with van der Waals surface area (Å²) in [6, 6.07) is 52.9. The highest BCUT2D eigenvalue weighted by atomic mass is 32.1. The number of benzene rings is 8. The molecular formula is C52H28N4S2. The van der Waals surface area contributed by atoms with Gasteiger partial charge in [-0.05, 0) is 71.3 Å². The van der Waals surface area contributed by atoms with Gasteiger partial charge >= 0.3 is 0 Å². The number of aromatic nitrogens is 1. The van der Waals surface area contributed by atoms with Crippen molar-refractivity contribution in [1.29, 1.82) is 10.5 Å². The molecule has 0 fully saturated rings. The number of fused-ring (bicyclic) bond motifs is 17. The molecule has 8 aromatic carbocycles. The first-order valence-corrected chi connectivity index (χ1v) is 21.1. The van der Waals surface area contributed by atoms with Gasteiger partial charge in [0.15, 0.2) is 0 Å². The van der Waals surface area contributed by atoms with Crippen LogP contribution < -0.4 is 4.90 Å². The summed E-state index contributed by atoms with van der Waals surface area (Å²) in [6.07, 6.45) is 7.60. The van der Waals surface area contributed by atoms with Gasteiger partial charge in [0.1, 0.15) is 12.1 Å². The van der Waals surface area contributed by atoms with Gasteiger partial charge in [0, 0.05) is 75.5 Å². The van der Waals surface area contributed by atoms with Crippen molar-refractivity contribution in [3.8, 4) is 17.8 Å². The fourth-order valence-electron chi connectivity index (χ4n) is 10.1. The summed E-state index contributed by atoms with van der Waals surface area (Å²) in [5.74, 6) is 0.250. The smallest absolute Gasteiger partial charge is 0.101 e. The number of nitriles is 2. The summed E-state index contributed by atoms with van der Waals surface area (Å²) in [4.78, 5) is 2.41. The van der Waals surface area contributed by atoms with E-state index in [1.54, 1.807) is 0 Å². The van der Waals surface area contributed by atoms with Gasteiger partial charge in [0.05, 0.1) is 37.2 Å². The van der Waals surface area contributed by atoms with Crippen molar-refractivity contribution in [2.45, 2.75) is 12.3 Å². The summed E-state index contributed by atoms with van der Waals surface area (Å²) in [5.41, 5.74) is 8.84. The second-order valence-corrected chi connectivity index (χ2v) is 17.4. The third-order valence-electron chi connectivity index (χ3n) is 12.5. The predicted molar refractivity (Wildman–Crippen MR) is 244 cm³/mol. The topological polar surface area (TPSA) is 55.8 Å². The van der Waals surface area contributed by atoms with Gasteiger partial charge < -0.3 is 9.47 Å².